The van der Waals surface area contributed by atoms with Gasteiger partial charge in [-0.15, -0.1) is 0 Å². The Morgan fingerprint density at radius 1 is 1.47 bits per heavy atom. The molecule has 1 heterocycles. The summed E-state index contributed by atoms with van der Waals surface area (Å²) in [6, 6.07) is 0.295. The Kier molecular flexibility index (Phi) is 4.70. The fourth-order valence-corrected chi connectivity index (χ4v) is 3.67. The van der Waals surface area contributed by atoms with Gasteiger partial charge in [0.05, 0.1) is 12.1 Å². The number of nitrogens with one attached hydrogen (secondary N) is 2. The van der Waals surface area contributed by atoms with Crippen molar-refractivity contribution < 1.29 is 9.53 Å². The molecule has 0 bridgehead atoms. The molecule has 1 saturated heterocycles. The zero-order valence-electron chi connectivity index (χ0n) is 10.6. The molecular formula is C12H22N2O2S. The molecule has 0 aromatic carbocycles. The minimum Gasteiger partial charge on any atom is -0.380 e. The van der Waals surface area contributed by atoms with Crippen molar-refractivity contribution in [2.75, 3.05) is 19.9 Å². The van der Waals surface area contributed by atoms with Gasteiger partial charge < -0.3 is 15.4 Å². The molecule has 4 unspecified atom stereocenters. The van der Waals surface area contributed by atoms with Crippen molar-refractivity contribution in [2.45, 2.75) is 49.1 Å². The number of methoxy groups -OCH3 is 1. The fraction of sp³-hybridized carbons (Fsp3) is 0.917. The van der Waals surface area contributed by atoms with Crippen LogP contribution in [0, 0.1) is 0 Å². The minimum absolute atomic E-state index is 0.0666. The van der Waals surface area contributed by atoms with E-state index in [-0.39, 0.29) is 18.1 Å². The zero-order chi connectivity index (χ0) is 12.3. The lowest BCUT2D eigenvalue weighted by Crippen LogP contribution is -2.47. The smallest absolute Gasteiger partial charge is 0.237 e. The lowest BCUT2D eigenvalue weighted by atomic mass is 10.1. The first kappa shape index (κ1) is 13.2. The predicted octanol–water partition coefficient (Wildman–Crippen LogP) is 0.764. The van der Waals surface area contributed by atoms with E-state index >= 15 is 0 Å². The molecule has 17 heavy (non-hydrogen) atoms. The van der Waals surface area contributed by atoms with E-state index in [0.29, 0.717) is 11.3 Å². The monoisotopic (exact) mass is 258 g/mol. The summed E-state index contributed by atoms with van der Waals surface area (Å²) in [5.74, 6) is 0.149. The van der Waals surface area contributed by atoms with Crippen LogP contribution < -0.4 is 10.6 Å². The molecular weight excluding hydrogens is 236 g/mol. The van der Waals surface area contributed by atoms with E-state index in [1.54, 1.807) is 7.11 Å². The quantitative estimate of drug-likeness (QED) is 0.782. The largest absolute Gasteiger partial charge is 0.380 e. The standard InChI is InChI=1S/C12H22N2O2S/c1-16-8-6-10(13-7-8)12(15)14-9-4-3-5-11(9)17-2/h8-11,13H,3-7H2,1-2H3,(H,14,15). The van der Waals surface area contributed by atoms with Crippen LogP contribution in [-0.2, 0) is 9.53 Å². The van der Waals surface area contributed by atoms with Gasteiger partial charge in [-0.05, 0) is 25.5 Å². The number of amides is 1. The lowest BCUT2D eigenvalue weighted by Gasteiger charge is -2.21. The highest BCUT2D eigenvalue weighted by Gasteiger charge is 2.33. The molecule has 1 aliphatic heterocycles. The third-order valence-corrected chi connectivity index (χ3v) is 4.99. The summed E-state index contributed by atoms with van der Waals surface area (Å²) >= 11 is 1.87. The van der Waals surface area contributed by atoms with E-state index in [2.05, 4.69) is 16.9 Å². The second-order valence-electron chi connectivity index (χ2n) is 4.87. The first-order chi connectivity index (χ1) is 8.24. The molecule has 2 N–H and O–H groups in total. The topological polar surface area (TPSA) is 50.4 Å². The van der Waals surface area contributed by atoms with Crippen molar-refractivity contribution >= 4 is 17.7 Å². The normalized spacial score (nSPS) is 37.3. The second-order valence-corrected chi connectivity index (χ2v) is 5.95. The van der Waals surface area contributed by atoms with Gasteiger partial charge in [0.1, 0.15) is 0 Å². The van der Waals surface area contributed by atoms with Gasteiger partial charge in [0.15, 0.2) is 0 Å². The van der Waals surface area contributed by atoms with Crippen molar-refractivity contribution in [3.8, 4) is 0 Å². The molecule has 5 heteroatoms. The Morgan fingerprint density at radius 3 is 2.94 bits per heavy atom. The Labute approximate surface area is 107 Å². The van der Waals surface area contributed by atoms with E-state index in [1.807, 2.05) is 11.8 Å². The van der Waals surface area contributed by atoms with Gasteiger partial charge in [0.2, 0.25) is 5.91 Å². The first-order valence-electron chi connectivity index (χ1n) is 6.34. The molecule has 0 spiro atoms. The van der Waals surface area contributed by atoms with Gasteiger partial charge in [-0.1, -0.05) is 6.42 Å². The number of carbonyl (C=O) groups excluding carboxylic acids is 1. The van der Waals surface area contributed by atoms with Crippen molar-refractivity contribution in [3.63, 3.8) is 0 Å². The third-order valence-electron chi connectivity index (χ3n) is 3.82. The molecule has 1 amide bonds. The van der Waals surface area contributed by atoms with Crippen LogP contribution in [0.2, 0.25) is 0 Å². The highest BCUT2D eigenvalue weighted by atomic mass is 32.2. The average molecular weight is 258 g/mol. The van der Waals surface area contributed by atoms with Crippen LogP contribution in [0.15, 0.2) is 0 Å². The van der Waals surface area contributed by atoms with Crippen LogP contribution in [0.4, 0.5) is 0 Å². The molecule has 1 saturated carbocycles. The number of ether oxygens (including phenoxy) is 1. The zero-order valence-corrected chi connectivity index (χ0v) is 11.4. The molecule has 2 fully saturated rings. The van der Waals surface area contributed by atoms with E-state index in [4.69, 9.17) is 4.74 Å². The van der Waals surface area contributed by atoms with Crippen molar-refractivity contribution in [1.82, 2.24) is 10.6 Å². The molecule has 4 atom stereocenters. The van der Waals surface area contributed by atoms with Gasteiger partial charge >= 0.3 is 0 Å². The second kappa shape index (κ2) is 6.07. The van der Waals surface area contributed by atoms with Crippen molar-refractivity contribution in [2.24, 2.45) is 0 Å². The van der Waals surface area contributed by atoms with E-state index in [9.17, 15) is 4.79 Å². The Bertz CT molecular complexity index is 275. The van der Waals surface area contributed by atoms with Crippen LogP contribution in [0.1, 0.15) is 25.7 Å². The highest BCUT2D eigenvalue weighted by molar-refractivity contribution is 7.99. The molecule has 98 valence electrons. The highest BCUT2D eigenvalue weighted by Crippen LogP contribution is 2.28. The van der Waals surface area contributed by atoms with Gasteiger partial charge in [-0.3, -0.25) is 4.79 Å². The van der Waals surface area contributed by atoms with Crippen LogP contribution in [0.25, 0.3) is 0 Å². The van der Waals surface area contributed by atoms with Crippen LogP contribution in [-0.4, -0.2) is 49.3 Å². The number of rotatable bonds is 4. The summed E-state index contributed by atoms with van der Waals surface area (Å²) in [7, 11) is 1.70. The van der Waals surface area contributed by atoms with Crippen molar-refractivity contribution in [1.29, 1.82) is 0 Å². The molecule has 0 radical (unpaired) electrons. The number of carbonyl (C=O) groups is 1. The van der Waals surface area contributed by atoms with E-state index in [1.165, 1.54) is 12.8 Å². The van der Waals surface area contributed by atoms with E-state index in [0.717, 1.165) is 19.4 Å². The first-order valence-corrected chi connectivity index (χ1v) is 7.62. The maximum atomic E-state index is 12.1. The van der Waals surface area contributed by atoms with Crippen LogP contribution in [0.5, 0.6) is 0 Å². The molecule has 1 aliphatic carbocycles. The molecule has 4 nitrogen and oxygen atoms in total. The van der Waals surface area contributed by atoms with Gasteiger partial charge in [-0.2, -0.15) is 11.8 Å². The number of thioether (sulfide) groups is 1. The molecule has 2 rings (SSSR count). The minimum atomic E-state index is -0.0666. The Balaban J connectivity index is 1.81. The van der Waals surface area contributed by atoms with Gasteiger partial charge in [0, 0.05) is 24.9 Å². The van der Waals surface area contributed by atoms with Gasteiger partial charge in [0.25, 0.3) is 0 Å². The van der Waals surface area contributed by atoms with Crippen molar-refractivity contribution in [3.05, 3.63) is 0 Å². The number of hydrogen-bond acceptors (Lipinski definition) is 4. The maximum Gasteiger partial charge on any atom is 0.237 e. The van der Waals surface area contributed by atoms with Gasteiger partial charge in [-0.25, -0.2) is 0 Å². The summed E-state index contributed by atoms with van der Waals surface area (Å²) in [4.78, 5) is 12.1. The van der Waals surface area contributed by atoms with E-state index < -0.39 is 0 Å². The van der Waals surface area contributed by atoms with Crippen LogP contribution >= 0.6 is 11.8 Å². The predicted molar refractivity (Wildman–Crippen MR) is 70.3 cm³/mol. The summed E-state index contributed by atoms with van der Waals surface area (Å²) in [5, 5.41) is 7.00. The molecule has 2 aliphatic rings. The Morgan fingerprint density at radius 2 is 2.29 bits per heavy atom. The summed E-state index contributed by atoms with van der Waals surface area (Å²) in [6.07, 6.45) is 6.69. The maximum absolute atomic E-state index is 12.1. The third kappa shape index (κ3) is 3.14. The summed E-state index contributed by atoms with van der Waals surface area (Å²) < 4.78 is 5.26. The van der Waals surface area contributed by atoms with Crippen LogP contribution in [0.3, 0.4) is 0 Å². The average Bonchev–Trinajstić information content (AvgIpc) is 2.96. The fourth-order valence-electron chi connectivity index (χ4n) is 2.74. The summed E-state index contributed by atoms with van der Waals surface area (Å²) in [5.41, 5.74) is 0. The summed E-state index contributed by atoms with van der Waals surface area (Å²) in [6.45, 7) is 0.783. The Hall–Kier alpha value is -0.260. The SMILES string of the molecule is COC1CNC(C(=O)NC2CCCC2SC)C1. The lowest BCUT2D eigenvalue weighted by molar-refractivity contribution is -0.123. The number of hydrogen-bond donors (Lipinski definition) is 2. The molecule has 0 aromatic heterocycles. The molecule has 0 aromatic rings.